The van der Waals surface area contributed by atoms with Crippen LogP contribution in [0.15, 0.2) is 65.5 Å². The molecule has 0 bridgehead atoms. The first kappa shape index (κ1) is 21.2. The number of nitrogens with zero attached hydrogens (tertiary/aromatic N) is 2. The summed E-state index contributed by atoms with van der Waals surface area (Å²) in [5, 5.41) is 6.03. The van der Waals surface area contributed by atoms with Crippen LogP contribution in [0.4, 0.5) is 0 Å². The molecule has 4 aromatic rings. The fraction of sp³-hybridized carbons (Fsp3) is 0.208. The Balaban J connectivity index is 1.68. The SMILES string of the molecule is COc1cccc(C(=O)NC(Cc2cc(=O)n3[nH]c(C)cc3n2)c2ccccc2)c1OC. The minimum absolute atomic E-state index is 0.203. The second-order valence-corrected chi connectivity index (χ2v) is 7.40. The molecule has 32 heavy (non-hydrogen) atoms. The number of amides is 1. The molecule has 1 atom stereocenters. The Bertz CT molecular complexity index is 1310. The number of nitrogens with one attached hydrogen (secondary N) is 2. The predicted octanol–water partition coefficient (Wildman–Crippen LogP) is 3.06. The molecule has 8 nitrogen and oxygen atoms in total. The standard InChI is InChI=1S/C24H24N4O4/c1-15-12-21-25-17(14-22(29)28(21)27-15)13-19(16-8-5-4-6-9-16)26-24(30)18-10-7-11-20(31-2)23(18)32-3/h4-12,14,19,27H,13H2,1-3H3,(H,26,30). The lowest BCUT2D eigenvalue weighted by molar-refractivity contribution is 0.0932. The van der Waals surface area contributed by atoms with Crippen molar-refractivity contribution >= 4 is 11.6 Å². The van der Waals surface area contributed by atoms with E-state index in [9.17, 15) is 9.59 Å². The highest BCUT2D eigenvalue weighted by Crippen LogP contribution is 2.31. The Morgan fingerprint density at radius 1 is 1.09 bits per heavy atom. The fourth-order valence-electron chi connectivity index (χ4n) is 3.71. The van der Waals surface area contributed by atoms with Crippen LogP contribution in [0.25, 0.3) is 5.65 Å². The number of ether oxygens (including phenoxy) is 2. The molecule has 1 amide bonds. The molecule has 2 heterocycles. The molecule has 0 radical (unpaired) electrons. The van der Waals surface area contributed by atoms with E-state index in [-0.39, 0.29) is 11.5 Å². The van der Waals surface area contributed by atoms with Gasteiger partial charge in [-0.1, -0.05) is 36.4 Å². The molecular formula is C24H24N4O4. The largest absolute Gasteiger partial charge is 0.493 e. The van der Waals surface area contributed by atoms with Gasteiger partial charge in [0.05, 0.1) is 31.5 Å². The van der Waals surface area contributed by atoms with Crippen LogP contribution in [0, 0.1) is 6.92 Å². The number of rotatable bonds is 7. The van der Waals surface area contributed by atoms with Gasteiger partial charge in [-0.3, -0.25) is 14.7 Å². The van der Waals surface area contributed by atoms with Crippen LogP contribution in [0.1, 0.15) is 33.4 Å². The summed E-state index contributed by atoms with van der Waals surface area (Å²) in [5.74, 6) is 0.518. The van der Waals surface area contributed by atoms with Crippen molar-refractivity contribution in [3.63, 3.8) is 0 Å². The Morgan fingerprint density at radius 3 is 2.59 bits per heavy atom. The third-order valence-corrected chi connectivity index (χ3v) is 5.20. The van der Waals surface area contributed by atoms with Crippen LogP contribution >= 0.6 is 0 Å². The van der Waals surface area contributed by atoms with Crippen molar-refractivity contribution < 1.29 is 14.3 Å². The fourth-order valence-corrected chi connectivity index (χ4v) is 3.71. The summed E-state index contributed by atoms with van der Waals surface area (Å²) >= 11 is 0. The summed E-state index contributed by atoms with van der Waals surface area (Å²) in [6.45, 7) is 1.86. The maximum atomic E-state index is 13.2. The van der Waals surface area contributed by atoms with E-state index in [4.69, 9.17) is 9.47 Å². The molecular weight excluding hydrogens is 408 g/mol. The van der Waals surface area contributed by atoms with E-state index >= 15 is 0 Å². The first-order valence-electron chi connectivity index (χ1n) is 10.1. The number of aromatic nitrogens is 3. The van der Waals surface area contributed by atoms with E-state index < -0.39 is 6.04 Å². The molecule has 0 aliphatic heterocycles. The maximum Gasteiger partial charge on any atom is 0.272 e. The number of para-hydroxylation sites is 1. The lowest BCUT2D eigenvalue weighted by atomic mass is 10.0. The zero-order valence-electron chi connectivity index (χ0n) is 18.1. The van der Waals surface area contributed by atoms with Crippen molar-refractivity contribution in [3.05, 3.63) is 93.5 Å². The van der Waals surface area contributed by atoms with Gasteiger partial charge in [0.25, 0.3) is 11.5 Å². The molecule has 2 N–H and O–H groups in total. The number of hydrogen-bond donors (Lipinski definition) is 2. The first-order chi connectivity index (χ1) is 15.5. The first-order valence-corrected chi connectivity index (χ1v) is 10.1. The molecule has 4 rings (SSSR count). The van der Waals surface area contributed by atoms with E-state index in [1.807, 2.05) is 43.3 Å². The molecule has 0 saturated carbocycles. The minimum Gasteiger partial charge on any atom is -0.493 e. The molecule has 8 heteroatoms. The summed E-state index contributed by atoms with van der Waals surface area (Å²) in [4.78, 5) is 30.3. The van der Waals surface area contributed by atoms with Crippen LogP contribution in [-0.2, 0) is 6.42 Å². The number of hydrogen-bond acceptors (Lipinski definition) is 5. The van der Waals surface area contributed by atoms with Gasteiger partial charge < -0.3 is 14.8 Å². The molecule has 0 saturated heterocycles. The Morgan fingerprint density at radius 2 is 1.88 bits per heavy atom. The normalized spacial score (nSPS) is 11.8. The number of benzene rings is 2. The Hall–Kier alpha value is -4.07. The number of H-pyrrole nitrogens is 1. The molecule has 2 aromatic heterocycles. The topological polar surface area (TPSA) is 97.7 Å². The molecule has 164 valence electrons. The van der Waals surface area contributed by atoms with Crippen LogP contribution in [0.5, 0.6) is 11.5 Å². The second kappa shape index (κ2) is 8.97. The second-order valence-electron chi connectivity index (χ2n) is 7.40. The van der Waals surface area contributed by atoms with Crippen molar-refractivity contribution in [2.45, 2.75) is 19.4 Å². The average Bonchev–Trinajstić information content (AvgIpc) is 3.19. The predicted molar refractivity (Wildman–Crippen MR) is 120 cm³/mol. The van der Waals surface area contributed by atoms with Gasteiger partial charge in [0, 0.05) is 24.2 Å². The van der Waals surface area contributed by atoms with Gasteiger partial charge in [0.15, 0.2) is 17.1 Å². The van der Waals surface area contributed by atoms with Crippen LogP contribution in [0.3, 0.4) is 0 Å². The summed E-state index contributed by atoms with van der Waals surface area (Å²) in [6.07, 6.45) is 0.345. The lowest BCUT2D eigenvalue weighted by Crippen LogP contribution is -2.31. The van der Waals surface area contributed by atoms with E-state index in [2.05, 4.69) is 15.4 Å². The summed E-state index contributed by atoms with van der Waals surface area (Å²) in [5.41, 5.74) is 3.02. The van der Waals surface area contributed by atoms with Gasteiger partial charge in [-0.15, -0.1) is 0 Å². The number of carbonyl (C=O) groups is 1. The molecule has 0 aliphatic rings. The quantitative estimate of drug-likeness (QED) is 0.468. The van der Waals surface area contributed by atoms with Gasteiger partial charge in [-0.05, 0) is 24.6 Å². The van der Waals surface area contributed by atoms with Gasteiger partial charge in [0.2, 0.25) is 0 Å². The third kappa shape index (κ3) is 4.20. The third-order valence-electron chi connectivity index (χ3n) is 5.20. The number of methoxy groups -OCH3 is 2. The van der Waals surface area contributed by atoms with Crippen LogP contribution in [0.2, 0.25) is 0 Å². The van der Waals surface area contributed by atoms with Crippen molar-refractivity contribution in [2.24, 2.45) is 0 Å². The molecule has 2 aromatic carbocycles. The van der Waals surface area contributed by atoms with E-state index in [1.165, 1.54) is 24.8 Å². The maximum absolute atomic E-state index is 13.2. The monoisotopic (exact) mass is 432 g/mol. The number of aryl methyl sites for hydroxylation is 1. The van der Waals surface area contributed by atoms with Crippen molar-refractivity contribution in [2.75, 3.05) is 14.2 Å². The van der Waals surface area contributed by atoms with Gasteiger partial charge in [-0.2, -0.15) is 0 Å². The Labute approximate surface area is 184 Å². The summed E-state index contributed by atoms with van der Waals surface area (Å²) in [7, 11) is 3.02. The smallest absolute Gasteiger partial charge is 0.272 e. The zero-order chi connectivity index (χ0) is 22.7. The van der Waals surface area contributed by atoms with E-state index in [0.29, 0.717) is 34.8 Å². The van der Waals surface area contributed by atoms with Gasteiger partial charge in [-0.25, -0.2) is 9.50 Å². The number of carbonyl (C=O) groups excluding carboxylic acids is 1. The zero-order valence-corrected chi connectivity index (χ0v) is 18.1. The minimum atomic E-state index is -0.408. The van der Waals surface area contributed by atoms with Crippen LogP contribution in [-0.4, -0.2) is 34.7 Å². The highest BCUT2D eigenvalue weighted by molar-refractivity contribution is 5.98. The van der Waals surface area contributed by atoms with E-state index in [1.54, 1.807) is 18.2 Å². The average molecular weight is 432 g/mol. The van der Waals surface area contributed by atoms with Gasteiger partial charge in [0.1, 0.15) is 0 Å². The van der Waals surface area contributed by atoms with Crippen molar-refractivity contribution in [1.82, 2.24) is 19.9 Å². The lowest BCUT2D eigenvalue weighted by Gasteiger charge is -2.20. The molecule has 0 spiro atoms. The van der Waals surface area contributed by atoms with Crippen LogP contribution < -0.4 is 20.3 Å². The molecule has 0 fully saturated rings. The highest BCUT2D eigenvalue weighted by atomic mass is 16.5. The Kier molecular flexibility index (Phi) is 5.93. The molecule has 0 aliphatic carbocycles. The van der Waals surface area contributed by atoms with E-state index in [0.717, 1.165) is 11.3 Å². The van der Waals surface area contributed by atoms with Crippen molar-refractivity contribution in [3.8, 4) is 11.5 Å². The number of fused-ring (bicyclic) bond motifs is 1. The number of aromatic amines is 1. The molecule has 1 unspecified atom stereocenters. The summed E-state index contributed by atoms with van der Waals surface area (Å²) in [6, 6.07) is 17.6. The summed E-state index contributed by atoms with van der Waals surface area (Å²) < 4.78 is 12.1. The van der Waals surface area contributed by atoms with Gasteiger partial charge >= 0.3 is 0 Å². The van der Waals surface area contributed by atoms with Crippen molar-refractivity contribution in [1.29, 1.82) is 0 Å². The highest BCUT2D eigenvalue weighted by Gasteiger charge is 2.22.